The Kier molecular flexibility index (Phi) is 13.4. The molecular weight excluding hydrogens is 272 g/mol. The SMILES string of the molecule is OS.[CH2]c1ccccc1.[Ce]. The standard InChI is InChI=1S/C7H7.Ce.H2OS/c1-7-5-3-2-4-6-7;;1-2/h2-6H,1H2;;1-2H. The van der Waals surface area contributed by atoms with Crippen molar-refractivity contribution in [1.82, 2.24) is 0 Å². The van der Waals surface area contributed by atoms with Crippen LogP contribution in [-0.2, 0) is 0 Å². The van der Waals surface area contributed by atoms with Crippen molar-refractivity contribution in [2.24, 2.45) is 0 Å². The zero-order valence-corrected chi connectivity index (χ0v) is 9.52. The molecule has 0 saturated carbocycles. The maximum atomic E-state index is 6.69. The van der Waals surface area contributed by atoms with E-state index in [2.05, 4.69) is 19.8 Å². The van der Waals surface area contributed by atoms with Crippen LogP contribution in [0.3, 0.4) is 0 Å². The summed E-state index contributed by atoms with van der Waals surface area (Å²) in [6.07, 6.45) is 0. The van der Waals surface area contributed by atoms with Gasteiger partial charge in [-0.15, -0.1) is 0 Å². The minimum Gasteiger partial charge on any atom is -0.333 e. The van der Waals surface area contributed by atoms with Crippen LogP contribution in [0.25, 0.3) is 0 Å². The second-order valence-corrected chi connectivity index (χ2v) is 1.49. The second-order valence-electron chi connectivity index (χ2n) is 1.49. The molecule has 1 radical (unpaired) electrons. The first-order valence-electron chi connectivity index (χ1n) is 2.46. The summed E-state index contributed by atoms with van der Waals surface area (Å²) in [5, 5.41) is 0. The van der Waals surface area contributed by atoms with Crippen LogP contribution >= 0.6 is 12.9 Å². The number of rotatable bonds is 0. The third-order valence-electron chi connectivity index (χ3n) is 0.843. The molecule has 0 amide bonds. The molecular formula is C7H9CeOS. The molecule has 1 aromatic rings. The molecule has 1 nitrogen and oxygen atoms in total. The van der Waals surface area contributed by atoms with Crippen molar-refractivity contribution < 1.29 is 46.3 Å². The summed E-state index contributed by atoms with van der Waals surface area (Å²) in [4.78, 5) is 0. The monoisotopic (exact) mass is 281 g/mol. The van der Waals surface area contributed by atoms with Crippen LogP contribution in [0.5, 0.6) is 0 Å². The van der Waals surface area contributed by atoms with Crippen molar-refractivity contribution in [3.63, 3.8) is 0 Å². The predicted molar refractivity (Wildman–Crippen MR) is 42.5 cm³/mol. The van der Waals surface area contributed by atoms with E-state index in [1.165, 1.54) is 0 Å². The Morgan fingerprint density at radius 1 is 1.10 bits per heavy atom. The van der Waals surface area contributed by atoms with Gasteiger partial charge in [-0.2, -0.15) is 0 Å². The molecule has 0 heterocycles. The molecule has 1 aromatic carbocycles. The first-order valence-corrected chi connectivity index (χ1v) is 2.86. The minimum atomic E-state index is 0. The molecule has 0 unspecified atom stereocenters. The minimum absolute atomic E-state index is 0. The Balaban J connectivity index is 0. The van der Waals surface area contributed by atoms with Crippen molar-refractivity contribution in [2.75, 3.05) is 0 Å². The fraction of sp³-hybridized carbons (Fsp3) is 0. The van der Waals surface area contributed by atoms with Gasteiger partial charge in [0.05, 0.1) is 0 Å². The molecule has 0 aliphatic heterocycles. The van der Waals surface area contributed by atoms with Gasteiger partial charge in [0.2, 0.25) is 0 Å². The predicted octanol–water partition coefficient (Wildman–Crippen LogP) is 2.26. The quantitative estimate of drug-likeness (QED) is 0.552. The summed E-state index contributed by atoms with van der Waals surface area (Å²) in [5.74, 6) is 0. The van der Waals surface area contributed by atoms with Gasteiger partial charge in [-0.3, -0.25) is 0 Å². The summed E-state index contributed by atoms with van der Waals surface area (Å²) >= 11 is 2.53. The average Bonchev–Trinajstić information content (AvgIpc) is 1.94. The molecule has 0 atom stereocenters. The van der Waals surface area contributed by atoms with E-state index in [9.17, 15) is 0 Å². The van der Waals surface area contributed by atoms with E-state index in [-0.39, 0.29) is 41.7 Å². The fourth-order valence-corrected chi connectivity index (χ4v) is 0.478. The third-order valence-corrected chi connectivity index (χ3v) is 0.843. The topological polar surface area (TPSA) is 20.2 Å². The normalized spacial score (nSPS) is 6.70. The Morgan fingerprint density at radius 3 is 1.70 bits per heavy atom. The van der Waals surface area contributed by atoms with E-state index in [1.54, 1.807) is 0 Å². The van der Waals surface area contributed by atoms with Crippen LogP contribution in [0.2, 0.25) is 0 Å². The number of hydrogen-bond donors (Lipinski definition) is 2. The van der Waals surface area contributed by atoms with Crippen LogP contribution in [-0.4, -0.2) is 4.55 Å². The largest absolute Gasteiger partial charge is 0.333 e. The summed E-state index contributed by atoms with van der Waals surface area (Å²) < 4.78 is 6.69. The Labute approximate surface area is 101 Å². The summed E-state index contributed by atoms with van der Waals surface area (Å²) in [5.41, 5.74) is 1.07. The van der Waals surface area contributed by atoms with Crippen LogP contribution in [0.4, 0.5) is 0 Å². The molecule has 0 spiro atoms. The van der Waals surface area contributed by atoms with Crippen molar-refractivity contribution in [3.05, 3.63) is 42.8 Å². The van der Waals surface area contributed by atoms with Gasteiger partial charge in [-0.05, 0) is 25.4 Å². The Bertz CT molecular complexity index is 144. The van der Waals surface area contributed by atoms with E-state index in [4.69, 9.17) is 4.55 Å². The Hall–Kier alpha value is 0.907. The van der Waals surface area contributed by atoms with E-state index < -0.39 is 0 Å². The smallest absolute Gasteiger partial charge is 0 e. The third kappa shape index (κ3) is 7.02. The molecule has 0 bridgehead atoms. The van der Waals surface area contributed by atoms with Crippen LogP contribution in [0, 0.1) is 48.7 Å². The van der Waals surface area contributed by atoms with E-state index >= 15 is 0 Å². The first kappa shape index (κ1) is 13.5. The van der Waals surface area contributed by atoms with Gasteiger partial charge < -0.3 is 4.55 Å². The van der Waals surface area contributed by atoms with Crippen molar-refractivity contribution in [1.29, 1.82) is 0 Å². The molecule has 10 heavy (non-hydrogen) atoms. The van der Waals surface area contributed by atoms with Gasteiger partial charge in [0.25, 0.3) is 0 Å². The fourth-order valence-electron chi connectivity index (χ4n) is 0.478. The molecule has 1 rings (SSSR count). The zero-order chi connectivity index (χ0) is 7.11. The van der Waals surface area contributed by atoms with E-state index in [0.717, 1.165) is 5.56 Å². The summed E-state index contributed by atoms with van der Waals surface area (Å²) in [7, 11) is 0. The van der Waals surface area contributed by atoms with Gasteiger partial charge in [-0.25, -0.2) is 0 Å². The number of thiol groups is 1. The maximum Gasteiger partial charge on any atom is 0 e. The molecule has 0 aliphatic rings. The van der Waals surface area contributed by atoms with Crippen LogP contribution in [0.1, 0.15) is 5.56 Å². The van der Waals surface area contributed by atoms with Crippen LogP contribution < -0.4 is 0 Å². The van der Waals surface area contributed by atoms with Crippen molar-refractivity contribution in [3.8, 4) is 0 Å². The summed E-state index contributed by atoms with van der Waals surface area (Å²) in [6, 6.07) is 9.87. The van der Waals surface area contributed by atoms with Crippen molar-refractivity contribution in [2.45, 2.75) is 0 Å². The maximum absolute atomic E-state index is 6.69. The van der Waals surface area contributed by atoms with Gasteiger partial charge in [0.15, 0.2) is 0 Å². The molecule has 53 valence electrons. The first-order chi connectivity index (χ1) is 4.39. The van der Waals surface area contributed by atoms with Gasteiger partial charge in [-0.1, -0.05) is 30.3 Å². The molecule has 0 aromatic heterocycles. The Morgan fingerprint density at radius 2 is 1.50 bits per heavy atom. The zero-order valence-electron chi connectivity index (χ0n) is 5.49. The second kappa shape index (κ2) is 9.91. The number of benzene rings is 1. The van der Waals surface area contributed by atoms with Crippen molar-refractivity contribution >= 4 is 12.9 Å². The number of hydrogen-bond acceptors (Lipinski definition) is 2. The molecule has 0 saturated heterocycles. The molecule has 3 heteroatoms. The van der Waals surface area contributed by atoms with Gasteiger partial charge >= 0.3 is 0 Å². The molecule has 0 aliphatic carbocycles. The summed E-state index contributed by atoms with van der Waals surface area (Å²) in [6.45, 7) is 3.72. The average molecular weight is 281 g/mol. The van der Waals surface area contributed by atoms with Crippen LogP contribution in [0.15, 0.2) is 30.3 Å². The van der Waals surface area contributed by atoms with Gasteiger partial charge in [0.1, 0.15) is 0 Å². The van der Waals surface area contributed by atoms with E-state index in [1.807, 2.05) is 30.3 Å². The molecule has 0 fully saturated rings. The molecule has 1 N–H and O–H groups in total. The van der Waals surface area contributed by atoms with E-state index in [0.29, 0.717) is 0 Å². The van der Waals surface area contributed by atoms with Gasteiger partial charge in [0, 0.05) is 41.7 Å².